The molecule has 0 aliphatic rings. The van der Waals surface area contributed by atoms with Crippen molar-refractivity contribution in [2.75, 3.05) is 19.3 Å². The average Bonchev–Trinajstić information content (AvgIpc) is 2.70. The second kappa shape index (κ2) is 11.3. The van der Waals surface area contributed by atoms with Crippen LogP contribution in [0.2, 0.25) is 0 Å². The van der Waals surface area contributed by atoms with Gasteiger partial charge in [-0.2, -0.15) is 4.31 Å². The zero-order valence-corrected chi connectivity index (χ0v) is 23.7. The fraction of sp³-hybridized carbons (Fsp3) is 0.100. The second-order valence-electron chi connectivity index (χ2n) is 6.41. The number of carboxylic acid groups (broad SMARTS) is 2. The number of carboxylic acids is 2. The maximum atomic E-state index is 12.4. The fourth-order valence-electron chi connectivity index (χ4n) is 2.67. The number of aliphatic carboxylic acids is 1. The van der Waals surface area contributed by atoms with Crippen LogP contribution < -0.4 is 5.73 Å². The molecule has 0 radical (unpaired) electrons. The molecule has 170 valence electrons. The molecule has 3 aromatic rings. The van der Waals surface area contributed by atoms with Gasteiger partial charge in [0.1, 0.15) is 6.54 Å². The highest BCUT2D eigenvalue weighted by molar-refractivity contribution is 14.1. The Balaban J connectivity index is 0.000000258. The van der Waals surface area contributed by atoms with Gasteiger partial charge in [0, 0.05) is 34.2 Å². The SMILES string of the molecule is CN(CC(=O)O)S(=O)(=O)c1ccc(N)c2ccccc12.O=C(O)c1cc(I)cc(I)c1I. The van der Waals surface area contributed by atoms with Crippen LogP contribution in [0.25, 0.3) is 10.8 Å². The quantitative estimate of drug-likeness (QED) is 0.199. The van der Waals surface area contributed by atoms with Gasteiger partial charge in [0.05, 0.1) is 10.5 Å². The summed E-state index contributed by atoms with van der Waals surface area (Å²) in [6.45, 7) is -0.596. The fourth-order valence-corrected chi connectivity index (χ4v) is 6.37. The minimum absolute atomic E-state index is 0.0473. The molecule has 0 atom stereocenters. The number of aromatic carboxylic acids is 1. The lowest BCUT2D eigenvalue weighted by Gasteiger charge is -2.17. The molecule has 0 amide bonds. The predicted molar refractivity (Wildman–Crippen MR) is 147 cm³/mol. The van der Waals surface area contributed by atoms with Crippen molar-refractivity contribution in [1.29, 1.82) is 0 Å². The molecule has 0 aromatic heterocycles. The molecular formula is C20H17I3N2O6S. The van der Waals surface area contributed by atoms with E-state index in [2.05, 4.69) is 45.2 Å². The largest absolute Gasteiger partial charge is 0.480 e. The monoisotopic (exact) mass is 794 g/mol. The van der Waals surface area contributed by atoms with E-state index in [4.69, 9.17) is 15.9 Å². The highest BCUT2D eigenvalue weighted by atomic mass is 127. The average molecular weight is 794 g/mol. The molecule has 0 bridgehead atoms. The van der Waals surface area contributed by atoms with Crippen molar-refractivity contribution in [3.8, 4) is 0 Å². The van der Waals surface area contributed by atoms with Crippen molar-refractivity contribution in [3.63, 3.8) is 0 Å². The summed E-state index contributed by atoms with van der Waals surface area (Å²) in [6.07, 6.45) is 0. The number of rotatable bonds is 5. The molecule has 8 nitrogen and oxygen atoms in total. The molecule has 12 heteroatoms. The third-order valence-electron chi connectivity index (χ3n) is 4.19. The van der Waals surface area contributed by atoms with Crippen molar-refractivity contribution in [2.24, 2.45) is 0 Å². The summed E-state index contributed by atoms with van der Waals surface area (Å²) in [6, 6.07) is 13.4. The van der Waals surface area contributed by atoms with E-state index in [9.17, 15) is 18.0 Å². The molecule has 0 aliphatic carbocycles. The lowest BCUT2D eigenvalue weighted by molar-refractivity contribution is -0.137. The molecule has 32 heavy (non-hydrogen) atoms. The lowest BCUT2D eigenvalue weighted by Crippen LogP contribution is -2.32. The summed E-state index contributed by atoms with van der Waals surface area (Å²) in [7, 11) is -2.65. The van der Waals surface area contributed by atoms with Gasteiger partial charge in [0.15, 0.2) is 0 Å². The zero-order valence-electron chi connectivity index (χ0n) is 16.4. The van der Waals surface area contributed by atoms with E-state index in [1.54, 1.807) is 30.3 Å². The van der Waals surface area contributed by atoms with Crippen molar-refractivity contribution < 1.29 is 28.2 Å². The predicted octanol–water partition coefficient (Wildman–Crippen LogP) is 4.33. The minimum Gasteiger partial charge on any atom is -0.480 e. The number of carbonyl (C=O) groups is 2. The zero-order chi connectivity index (χ0) is 24.2. The van der Waals surface area contributed by atoms with Gasteiger partial charge in [0.25, 0.3) is 0 Å². The van der Waals surface area contributed by atoms with Gasteiger partial charge in [-0.3, -0.25) is 4.79 Å². The first kappa shape index (κ1) is 27.0. The summed E-state index contributed by atoms with van der Waals surface area (Å²) in [5.74, 6) is -2.08. The number of likely N-dealkylation sites (N-methyl/N-ethyl adjacent to an activating group) is 1. The topological polar surface area (TPSA) is 138 Å². The molecule has 4 N–H and O–H groups in total. The van der Waals surface area contributed by atoms with Gasteiger partial charge in [-0.05, 0) is 92.0 Å². The summed E-state index contributed by atoms with van der Waals surface area (Å²) in [4.78, 5) is 21.4. The van der Waals surface area contributed by atoms with Crippen LogP contribution >= 0.6 is 67.8 Å². The molecule has 0 heterocycles. The summed E-state index contributed by atoms with van der Waals surface area (Å²) < 4.78 is 28.4. The number of benzene rings is 3. The van der Waals surface area contributed by atoms with Crippen LogP contribution in [0.4, 0.5) is 5.69 Å². The van der Waals surface area contributed by atoms with E-state index in [1.165, 1.54) is 19.2 Å². The van der Waals surface area contributed by atoms with Crippen LogP contribution in [0, 0.1) is 10.7 Å². The maximum absolute atomic E-state index is 12.4. The van der Waals surface area contributed by atoms with E-state index in [0.29, 0.717) is 22.0 Å². The van der Waals surface area contributed by atoms with E-state index < -0.39 is 28.5 Å². The van der Waals surface area contributed by atoms with Crippen LogP contribution in [0.15, 0.2) is 53.4 Å². The normalized spacial score (nSPS) is 11.2. The standard InChI is InChI=1S/C13H14N2O4S.C7H3I3O2/c1-15(8-13(16)17)20(18,19)12-7-6-11(14)9-4-2-3-5-10(9)12;8-3-1-4(7(11)12)6(10)5(9)2-3/h2-7H,8,14H2,1H3,(H,16,17);1-2H,(H,11,12). The van der Waals surface area contributed by atoms with Crippen LogP contribution in [-0.2, 0) is 14.8 Å². The number of nitrogen functional groups attached to an aromatic ring is 1. The smallest absolute Gasteiger partial charge is 0.336 e. The Hall–Kier alpha value is -1.24. The van der Waals surface area contributed by atoms with E-state index in [1.807, 2.05) is 28.7 Å². The first-order chi connectivity index (χ1) is 14.9. The Labute approximate surface area is 225 Å². The molecule has 3 rings (SSSR count). The summed E-state index contributed by atoms with van der Waals surface area (Å²) in [5.41, 5.74) is 6.68. The third kappa shape index (κ3) is 6.42. The second-order valence-corrected chi connectivity index (χ2v) is 11.9. The van der Waals surface area contributed by atoms with Crippen molar-refractivity contribution in [2.45, 2.75) is 4.90 Å². The molecule has 3 aromatic carbocycles. The number of hydrogen-bond donors (Lipinski definition) is 3. The van der Waals surface area contributed by atoms with Crippen molar-refractivity contribution in [1.82, 2.24) is 4.31 Å². The third-order valence-corrected chi connectivity index (χ3v) is 9.72. The number of halogens is 3. The first-order valence-corrected chi connectivity index (χ1v) is 13.4. The van der Waals surface area contributed by atoms with Crippen LogP contribution in [0.5, 0.6) is 0 Å². The minimum atomic E-state index is -3.88. The summed E-state index contributed by atoms with van der Waals surface area (Å²) >= 11 is 6.29. The Kier molecular flexibility index (Phi) is 9.50. The van der Waals surface area contributed by atoms with Crippen molar-refractivity contribution >= 4 is 106 Å². The van der Waals surface area contributed by atoms with Gasteiger partial charge in [-0.25, -0.2) is 13.2 Å². The van der Waals surface area contributed by atoms with Gasteiger partial charge in [-0.15, -0.1) is 0 Å². The van der Waals surface area contributed by atoms with Gasteiger partial charge < -0.3 is 15.9 Å². The van der Waals surface area contributed by atoms with Crippen LogP contribution in [0.3, 0.4) is 0 Å². The summed E-state index contributed by atoms with van der Waals surface area (Å²) in [5, 5.41) is 18.6. The number of nitrogens with two attached hydrogens (primary N) is 1. The molecule has 0 saturated heterocycles. The van der Waals surface area contributed by atoms with Crippen LogP contribution in [-0.4, -0.2) is 48.5 Å². The van der Waals surface area contributed by atoms with Crippen molar-refractivity contribution in [3.05, 3.63) is 64.8 Å². The Morgan fingerprint density at radius 1 is 1.00 bits per heavy atom. The van der Waals surface area contributed by atoms with E-state index in [-0.39, 0.29) is 4.90 Å². The van der Waals surface area contributed by atoms with Crippen LogP contribution in [0.1, 0.15) is 10.4 Å². The molecular weight excluding hydrogens is 777 g/mol. The van der Waals surface area contributed by atoms with Gasteiger partial charge in [-0.1, -0.05) is 24.3 Å². The number of hydrogen-bond acceptors (Lipinski definition) is 5. The number of sulfonamides is 1. The molecule has 0 aliphatic heterocycles. The maximum Gasteiger partial charge on any atom is 0.336 e. The number of anilines is 1. The molecule has 0 unspecified atom stereocenters. The van der Waals surface area contributed by atoms with E-state index >= 15 is 0 Å². The Bertz CT molecular complexity index is 1300. The van der Waals surface area contributed by atoms with E-state index in [0.717, 1.165) is 15.0 Å². The first-order valence-electron chi connectivity index (χ1n) is 8.69. The lowest BCUT2D eigenvalue weighted by atomic mass is 10.1. The van der Waals surface area contributed by atoms with Gasteiger partial charge in [0.2, 0.25) is 10.0 Å². The molecule has 0 spiro atoms. The Morgan fingerprint density at radius 3 is 2.16 bits per heavy atom. The number of nitrogens with zero attached hydrogens (tertiary/aromatic N) is 1. The molecule has 0 saturated carbocycles. The molecule has 0 fully saturated rings. The highest BCUT2D eigenvalue weighted by Gasteiger charge is 2.25. The van der Waals surface area contributed by atoms with Gasteiger partial charge >= 0.3 is 11.9 Å². The Morgan fingerprint density at radius 2 is 1.59 bits per heavy atom. The number of fused-ring (bicyclic) bond motifs is 1. The highest BCUT2D eigenvalue weighted by Crippen LogP contribution is 2.29.